The average molecular weight is 349 g/mol. The molecule has 0 aromatic carbocycles. The van der Waals surface area contributed by atoms with E-state index < -0.39 is 30.1 Å². The van der Waals surface area contributed by atoms with Crippen molar-refractivity contribution >= 4 is 17.7 Å². The van der Waals surface area contributed by atoms with Crippen molar-refractivity contribution in [3.05, 3.63) is 0 Å². The van der Waals surface area contributed by atoms with Crippen molar-refractivity contribution < 1.29 is 27.6 Å². The summed E-state index contributed by atoms with van der Waals surface area (Å²) < 4.78 is 37.8. The molecule has 1 unspecified atom stereocenters. The SMILES string of the molecule is C[C@H](NC(=O)C1CCCN1C(=O)C(F)(F)F)C(=O)N1CCCCC1. The van der Waals surface area contributed by atoms with Crippen molar-refractivity contribution in [2.75, 3.05) is 19.6 Å². The van der Waals surface area contributed by atoms with Crippen LogP contribution in [0.2, 0.25) is 0 Å². The van der Waals surface area contributed by atoms with Crippen LogP contribution in [0.15, 0.2) is 0 Å². The molecule has 0 radical (unpaired) electrons. The molecule has 0 aromatic rings. The minimum atomic E-state index is -5.00. The summed E-state index contributed by atoms with van der Waals surface area (Å²) >= 11 is 0. The summed E-state index contributed by atoms with van der Waals surface area (Å²) in [6.45, 7) is 2.66. The van der Waals surface area contributed by atoms with Crippen LogP contribution < -0.4 is 5.32 Å². The van der Waals surface area contributed by atoms with Crippen molar-refractivity contribution in [3.63, 3.8) is 0 Å². The van der Waals surface area contributed by atoms with Gasteiger partial charge in [0.25, 0.3) is 0 Å². The van der Waals surface area contributed by atoms with E-state index in [-0.39, 0.29) is 18.9 Å². The van der Waals surface area contributed by atoms with Gasteiger partial charge in [-0.1, -0.05) is 0 Å². The van der Waals surface area contributed by atoms with E-state index >= 15 is 0 Å². The van der Waals surface area contributed by atoms with Crippen molar-refractivity contribution in [2.24, 2.45) is 0 Å². The summed E-state index contributed by atoms with van der Waals surface area (Å²) in [7, 11) is 0. The van der Waals surface area contributed by atoms with Crippen LogP contribution in [0.1, 0.15) is 39.0 Å². The molecule has 3 amide bonds. The molecule has 0 aliphatic carbocycles. The summed E-state index contributed by atoms with van der Waals surface area (Å²) in [6.07, 6.45) is -1.64. The molecule has 6 nitrogen and oxygen atoms in total. The number of nitrogens with one attached hydrogen (secondary N) is 1. The minimum Gasteiger partial charge on any atom is -0.343 e. The van der Waals surface area contributed by atoms with Crippen LogP contribution in [0, 0.1) is 0 Å². The first kappa shape index (κ1) is 18.5. The number of carbonyl (C=O) groups excluding carboxylic acids is 3. The van der Waals surface area contributed by atoms with E-state index in [4.69, 9.17) is 0 Å². The summed E-state index contributed by atoms with van der Waals surface area (Å²) in [5.41, 5.74) is 0. The Hall–Kier alpha value is -1.80. The molecule has 0 saturated carbocycles. The number of hydrogen-bond donors (Lipinski definition) is 1. The summed E-state index contributed by atoms with van der Waals surface area (Å²) in [4.78, 5) is 38.1. The molecular formula is C15H22F3N3O3. The van der Waals surface area contributed by atoms with Gasteiger partial charge in [0.15, 0.2) is 0 Å². The maximum atomic E-state index is 12.6. The second kappa shape index (κ2) is 7.40. The number of alkyl halides is 3. The van der Waals surface area contributed by atoms with Gasteiger partial charge in [-0.2, -0.15) is 13.2 Å². The molecule has 2 fully saturated rings. The van der Waals surface area contributed by atoms with E-state index in [0.717, 1.165) is 19.3 Å². The lowest BCUT2D eigenvalue weighted by atomic mass is 10.1. The summed E-state index contributed by atoms with van der Waals surface area (Å²) in [6, 6.07) is -1.99. The van der Waals surface area contributed by atoms with E-state index in [1.807, 2.05) is 0 Å². The fourth-order valence-electron chi connectivity index (χ4n) is 3.20. The zero-order valence-electron chi connectivity index (χ0n) is 13.6. The fraction of sp³-hybridized carbons (Fsp3) is 0.800. The number of rotatable bonds is 3. The second-order valence-electron chi connectivity index (χ2n) is 6.27. The Morgan fingerprint density at radius 1 is 1.04 bits per heavy atom. The maximum absolute atomic E-state index is 12.6. The van der Waals surface area contributed by atoms with Crippen LogP contribution in [-0.2, 0) is 14.4 Å². The minimum absolute atomic E-state index is 0.106. The summed E-state index contributed by atoms with van der Waals surface area (Å²) in [5, 5.41) is 2.46. The lowest BCUT2D eigenvalue weighted by Gasteiger charge is -2.30. The van der Waals surface area contributed by atoms with Gasteiger partial charge in [-0.25, -0.2) is 0 Å². The number of piperidine rings is 1. The first-order chi connectivity index (χ1) is 11.2. The predicted octanol–water partition coefficient (Wildman–Crippen LogP) is 1.06. The highest BCUT2D eigenvalue weighted by Crippen LogP contribution is 2.25. The molecule has 24 heavy (non-hydrogen) atoms. The van der Waals surface area contributed by atoms with Crippen LogP contribution in [0.5, 0.6) is 0 Å². The monoisotopic (exact) mass is 349 g/mol. The molecule has 2 atom stereocenters. The van der Waals surface area contributed by atoms with Gasteiger partial charge in [-0.3, -0.25) is 14.4 Å². The van der Waals surface area contributed by atoms with Gasteiger partial charge in [-0.15, -0.1) is 0 Å². The molecule has 2 rings (SSSR count). The lowest BCUT2D eigenvalue weighted by Crippen LogP contribution is -2.54. The fourth-order valence-corrected chi connectivity index (χ4v) is 3.20. The summed E-state index contributed by atoms with van der Waals surface area (Å²) in [5.74, 6) is -2.95. The highest BCUT2D eigenvalue weighted by atomic mass is 19.4. The number of amides is 3. The van der Waals surface area contributed by atoms with Gasteiger partial charge in [0, 0.05) is 19.6 Å². The number of carbonyl (C=O) groups is 3. The van der Waals surface area contributed by atoms with Crippen molar-refractivity contribution in [1.82, 2.24) is 15.1 Å². The highest BCUT2D eigenvalue weighted by Gasteiger charge is 2.47. The van der Waals surface area contributed by atoms with Crippen LogP contribution >= 0.6 is 0 Å². The Morgan fingerprint density at radius 2 is 1.67 bits per heavy atom. The van der Waals surface area contributed by atoms with E-state index in [1.54, 1.807) is 4.90 Å². The van der Waals surface area contributed by atoms with Gasteiger partial charge >= 0.3 is 12.1 Å². The van der Waals surface area contributed by atoms with Gasteiger partial charge in [0.1, 0.15) is 12.1 Å². The molecule has 2 saturated heterocycles. The van der Waals surface area contributed by atoms with E-state index in [1.165, 1.54) is 6.92 Å². The molecule has 0 bridgehead atoms. The van der Waals surface area contributed by atoms with Crippen LogP contribution in [0.3, 0.4) is 0 Å². The standard InChI is InChI=1S/C15H22F3N3O3/c1-10(13(23)20-7-3-2-4-8-20)19-12(22)11-6-5-9-21(11)14(24)15(16,17)18/h10-11H,2-9H2,1H3,(H,19,22)/t10-,11?/m0/s1. The first-order valence-electron chi connectivity index (χ1n) is 8.19. The molecule has 0 spiro atoms. The van der Waals surface area contributed by atoms with Crippen LogP contribution in [0.4, 0.5) is 13.2 Å². The largest absolute Gasteiger partial charge is 0.471 e. The van der Waals surface area contributed by atoms with Crippen molar-refractivity contribution in [3.8, 4) is 0 Å². The maximum Gasteiger partial charge on any atom is 0.471 e. The van der Waals surface area contributed by atoms with Gasteiger partial charge in [-0.05, 0) is 39.0 Å². The van der Waals surface area contributed by atoms with Crippen molar-refractivity contribution in [2.45, 2.75) is 57.3 Å². The number of likely N-dealkylation sites (tertiary alicyclic amines) is 2. The van der Waals surface area contributed by atoms with Crippen molar-refractivity contribution in [1.29, 1.82) is 0 Å². The lowest BCUT2D eigenvalue weighted by molar-refractivity contribution is -0.186. The Kier molecular flexibility index (Phi) is 5.71. The average Bonchev–Trinajstić information content (AvgIpc) is 3.02. The number of halogens is 3. The van der Waals surface area contributed by atoms with Gasteiger partial charge < -0.3 is 15.1 Å². The molecule has 2 heterocycles. The third-order valence-corrected chi connectivity index (χ3v) is 4.46. The zero-order chi connectivity index (χ0) is 17.9. The molecule has 1 N–H and O–H groups in total. The van der Waals surface area contributed by atoms with E-state index in [2.05, 4.69) is 5.32 Å². The molecule has 2 aliphatic heterocycles. The topological polar surface area (TPSA) is 69.7 Å². The van der Waals surface area contributed by atoms with E-state index in [9.17, 15) is 27.6 Å². The number of nitrogens with zero attached hydrogens (tertiary/aromatic N) is 2. The molecule has 136 valence electrons. The number of hydrogen-bond acceptors (Lipinski definition) is 3. The molecular weight excluding hydrogens is 327 g/mol. The predicted molar refractivity (Wildman–Crippen MR) is 78.8 cm³/mol. The third kappa shape index (κ3) is 4.18. The second-order valence-corrected chi connectivity index (χ2v) is 6.27. The Labute approximate surface area is 138 Å². The molecule has 9 heteroatoms. The highest BCUT2D eigenvalue weighted by molar-refractivity contribution is 5.93. The van der Waals surface area contributed by atoms with Crippen LogP contribution in [0.25, 0.3) is 0 Å². The first-order valence-corrected chi connectivity index (χ1v) is 8.19. The Bertz CT molecular complexity index is 504. The van der Waals surface area contributed by atoms with Gasteiger partial charge in [0.2, 0.25) is 11.8 Å². The quantitative estimate of drug-likeness (QED) is 0.828. The van der Waals surface area contributed by atoms with Crippen LogP contribution in [-0.4, -0.2) is 65.4 Å². The zero-order valence-corrected chi connectivity index (χ0v) is 13.6. The smallest absolute Gasteiger partial charge is 0.343 e. The molecule has 0 aromatic heterocycles. The van der Waals surface area contributed by atoms with E-state index in [0.29, 0.717) is 24.4 Å². The van der Waals surface area contributed by atoms with Gasteiger partial charge in [0.05, 0.1) is 0 Å². The normalized spacial score (nSPS) is 23.1. The Balaban J connectivity index is 1.95. The molecule has 2 aliphatic rings. The Morgan fingerprint density at radius 3 is 2.25 bits per heavy atom. The third-order valence-electron chi connectivity index (χ3n) is 4.46.